The van der Waals surface area contributed by atoms with E-state index in [0.29, 0.717) is 5.11 Å². The lowest BCUT2D eigenvalue weighted by Gasteiger charge is -1.58. The largest absolute Gasteiger partial charge is 0.314 e. The maximum Gasteiger partial charge on any atom is 0.314 e. The lowest BCUT2D eigenvalue weighted by atomic mass is 11.3. The van der Waals surface area contributed by atoms with Crippen molar-refractivity contribution >= 4 is 16.5 Å². The Morgan fingerprint density at radius 1 is 1.60 bits per heavy atom. The summed E-state index contributed by atoms with van der Waals surface area (Å²) in [4.78, 5) is 0. The maximum absolute atomic E-state index is 4.95. The zero-order valence-corrected chi connectivity index (χ0v) is 3.88. The normalized spacial score (nSPS) is 7.00. The molecular formula is C2H7N2S+. The fourth-order valence-corrected chi connectivity index (χ4v) is 0. The summed E-state index contributed by atoms with van der Waals surface area (Å²) in [6.07, 6.45) is 1.83. The van der Waals surface area contributed by atoms with E-state index in [0.717, 1.165) is 0 Å². The van der Waals surface area contributed by atoms with Crippen LogP contribution in [0.4, 0.5) is 0 Å². The zero-order valence-electron chi connectivity index (χ0n) is 3.06. The monoisotopic (exact) mass is 91.0 g/mol. The van der Waals surface area contributed by atoms with E-state index in [1.165, 1.54) is 11.4 Å². The van der Waals surface area contributed by atoms with Crippen molar-refractivity contribution in [3.8, 4) is 0 Å². The molecule has 0 aromatic heterocycles. The molecule has 30 valence electrons. The lowest BCUT2D eigenvalue weighted by molar-refractivity contribution is 1.65. The smallest absolute Gasteiger partial charge is 0.243 e. The summed E-state index contributed by atoms with van der Waals surface area (Å²) >= 11 is 1.35. The Hall–Kier alpha value is 0.0100. The van der Waals surface area contributed by atoms with Gasteiger partial charge in [-0.2, -0.15) is 0 Å². The van der Waals surface area contributed by atoms with Crippen molar-refractivity contribution in [2.45, 2.75) is 0 Å². The minimum absolute atomic E-state index is 0.421. The van der Waals surface area contributed by atoms with Crippen LogP contribution in [0.15, 0.2) is 0 Å². The Morgan fingerprint density at radius 2 is 1.80 bits per heavy atom. The molecule has 0 bridgehead atoms. The number of hydrogen-bond acceptors (Lipinski definition) is 0. The van der Waals surface area contributed by atoms with Gasteiger partial charge in [-0.3, -0.25) is 0 Å². The molecule has 0 saturated carbocycles. The van der Waals surface area contributed by atoms with Crippen molar-refractivity contribution in [2.24, 2.45) is 11.5 Å². The van der Waals surface area contributed by atoms with Crippen molar-refractivity contribution in [3.63, 3.8) is 0 Å². The first-order valence-corrected chi connectivity index (χ1v) is 2.41. The highest BCUT2D eigenvalue weighted by Crippen LogP contribution is 1.32. The van der Waals surface area contributed by atoms with Gasteiger partial charge in [0.1, 0.15) is 0 Å². The molecule has 0 unspecified atom stereocenters. The predicted molar refractivity (Wildman–Crippen MR) is 26.7 cm³/mol. The third-order valence-electron chi connectivity index (χ3n) is 0.236. The van der Waals surface area contributed by atoms with E-state index in [1.54, 1.807) is 0 Å². The number of rotatable bonds is 0. The van der Waals surface area contributed by atoms with Gasteiger partial charge in [-0.15, -0.1) is 0 Å². The first-order valence-electron chi connectivity index (χ1n) is 1.19. The summed E-state index contributed by atoms with van der Waals surface area (Å²) in [6, 6.07) is 0. The molecule has 0 rings (SSSR count). The second-order valence-corrected chi connectivity index (χ2v) is 1.49. The second kappa shape index (κ2) is 2.26. The summed E-state index contributed by atoms with van der Waals surface area (Å²) < 4.78 is 0. The maximum atomic E-state index is 4.95. The van der Waals surface area contributed by atoms with Gasteiger partial charge in [-0.25, -0.2) is 11.5 Å². The van der Waals surface area contributed by atoms with E-state index >= 15 is 0 Å². The van der Waals surface area contributed by atoms with Crippen LogP contribution in [0.3, 0.4) is 0 Å². The summed E-state index contributed by atoms with van der Waals surface area (Å²) in [7, 11) is 0. The molecule has 0 aliphatic rings. The Kier molecular flexibility index (Phi) is 2.26. The fraction of sp³-hybridized carbons (Fsp3) is 0.500. The molecule has 0 atom stereocenters. The van der Waals surface area contributed by atoms with Crippen molar-refractivity contribution in [1.29, 1.82) is 0 Å². The molecule has 0 fully saturated rings. The van der Waals surface area contributed by atoms with Crippen LogP contribution >= 0.6 is 0 Å². The molecule has 0 aliphatic carbocycles. The average molecular weight is 91.2 g/mol. The molecule has 0 saturated heterocycles. The van der Waals surface area contributed by atoms with Crippen molar-refractivity contribution in [3.05, 3.63) is 0 Å². The molecular weight excluding hydrogens is 84.1 g/mol. The Balaban J connectivity index is 3.14. The molecule has 5 heavy (non-hydrogen) atoms. The van der Waals surface area contributed by atoms with Crippen LogP contribution < -0.4 is 11.5 Å². The first kappa shape index (κ1) is 5.01. The highest BCUT2D eigenvalue weighted by molar-refractivity contribution is 7.77. The lowest BCUT2D eigenvalue weighted by Crippen LogP contribution is -2.22. The van der Waals surface area contributed by atoms with Crippen molar-refractivity contribution in [2.75, 3.05) is 6.26 Å². The predicted octanol–water partition coefficient (Wildman–Crippen LogP) is -1.30. The van der Waals surface area contributed by atoms with Crippen LogP contribution in [0.5, 0.6) is 0 Å². The topological polar surface area (TPSA) is 52.0 Å². The molecule has 0 aromatic carbocycles. The fourth-order valence-electron chi connectivity index (χ4n) is 0. The van der Waals surface area contributed by atoms with Gasteiger partial charge in [0, 0.05) is 0 Å². The van der Waals surface area contributed by atoms with E-state index in [-0.39, 0.29) is 0 Å². The SMILES string of the molecule is C[S+]=C(N)N. The Morgan fingerprint density at radius 3 is 1.80 bits per heavy atom. The average Bonchev–Trinajstić information content (AvgIpc) is 1.38. The van der Waals surface area contributed by atoms with E-state index in [9.17, 15) is 0 Å². The van der Waals surface area contributed by atoms with Gasteiger partial charge >= 0.3 is 5.11 Å². The van der Waals surface area contributed by atoms with Crippen LogP contribution in [0.25, 0.3) is 0 Å². The second-order valence-electron chi connectivity index (χ2n) is 0.606. The third-order valence-corrected chi connectivity index (χ3v) is 0.707. The molecule has 0 aromatic rings. The summed E-state index contributed by atoms with van der Waals surface area (Å²) in [5.74, 6) is 0. The summed E-state index contributed by atoms with van der Waals surface area (Å²) in [6.45, 7) is 0. The molecule has 0 radical (unpaired) electrons. The molecule has 4 N–H and O–H groups in total. The van der Waals surface area contributed by atoms with Crippen LogP contribution in [0.1, 0.15) is 0 Å². The van der Waals surface area contributed by atoms with Gasteiger partial charge in [0.2, 0.25) is 11.4 Å². The molecule has 0 spiro atoms. The van der Waals surface area contributed by atoms with Gasteiger partial charge in [-0.1, -0.05) is 0 Å². The molecule has 0 amide bonds. The summed E-state index contributed by atoms with van der Waals surface area (Å²) in [5, 5.41) is 0.421. The van der Waals surface area contributed by atoms with Gasteiger partial charge in [-0.05, 0) is 0 Å². The number of hydrogen-bond donors (Lipinski definition) is 2. The van der Waals surface area contributed by atoms with Crippen LogP contribution in [0.2, 0.25) is 0 Å². The highest BCUT2D eigenvalue weighted by Gasteiger charge is 1.80. The van der Waals surface area contributed by atoms with Crippen LogP contribution in [0, 0.1) is 0 Å². The standard InChI is InChI=1S/C2H7N2S/c1-5-2(3)4/h3-4H2,1H3/q+1. The van der Waals surface area contributed by atoms with Crippen LogP contribution in [-0.2, 0) is 11.4 Å². The minimum Gasteiger partial charge on any atom is -0.243 e. The summed E-state index contributed by atoms with van der Waals surface area (Å²) in [5.41, 5.74) is 9.90. The number of nitrogens with two attached hydrogens (primary N) is 2. The minimum atomic E-state index is 0.421. The van der Waals surface area contributed by atoms with Crippen molar-refractivity contribution < 1.29 is 0 Å². The first-order chi connectivity index (χ1) is 2.27. The molecule has 0 aliphatic heterocycles. The highest BCUT2D eigenvalue weighted by atomic mass is 32.1. The Bertz CT molecular complexity index is 45.6. The van der Waals surface area contributed by atoms with Gasteiger partial charge in [0.25, 0.3) is 0 Å². The van der Waals surface area contributed by atoms with E-state index in [2.05, 4.69) is 0 Å². The molecule has 0 heterocycles. The van der Waals surface area contributed by atoms with Gasteiger partial charge < -0.3 is 0 Å². The third kappa shape index (κ3) is 4.01. The van der Waals surface area contributed by atoms with Crippen molar-refractivity contribution in [1.82, 2.24) is 0 Å². The van der Waals surface area contributed by atoms with E-state index in [1.807, 2.05) is 6.26 Å². The van der Waals surface area contributed by atoms with E-state index < -0.39 is 0 Å². The van der Waals surface area contributed by atoms with Gasteiger partial charge in [0.15, 0.2) is 6.26 Å². The Labute approximate surface area is 35.1 Å². The van der Waals surface area contributed by atoms with Gasteiger partial charge in [0.05, 0.1) is 0 Å². The zero-order chi connectivity index (χ0) is 4.28. The van der Waals surface area contributed by atoms with Crippen LogP contribution in [-0.4, -0.2) is 11.4 Å². The molecule has 2 nitrogen and oxygen atoms in total. The van der Waals surface area contributed by atoms with E-state index in [4.69, 9.17) is 11.5 Å². The quantitative estimate of drug-likeness (QED) is 0.288. The molecule has 3 heteroatoms.